The number of likely N-dealkylation sites (tertiary alicyclic amines) is 1. The quantitative estimate of drug-likeness (QED) is 0.558. The highest BCUT2D eigenvalue weighted by Crippen LogP contribution is 2.27. The summed E-state index contributed by atoms with van der Waals surface area (Å²) in [6.45, 7) is 3.15. The van der Waals surface area contributed by atoms with Crippen LogP contribution in [0.1, 0.15) is 24.4 Å². The summed E-state index contributed by atoms with van der Waals surface area (Å²) in [5, 5.41) is 2.14. The molecule has 9 nitrogen and oxygen atoms in total. The lowest BCUT2D eigenvalue weighted by Crippen LogP contribution is -2.52. The van der Waals surface area contributed by atoms with Gasteiger partial charge in [0.2, 0.25) is 5.91 Å². The number of sulfone groups is 1. The van der Waals surface area contributed by atoms with E-state index in [1.807, 2.05) is 4.90 Å². The van der Waals surface area contributed by atoms with E-state index in [1.54, 1.807) is 52.9 Å². The summed E-state index contributed by atoms with van der Waals surface area (Å²) >= 11 is 6.00. The van der Waals surface area contributed by atoms with Crippen LogP contribution in [0.3, 0.4) is 0 Å². The normalized spacial score (nSPS) is 17.7. The molecule has 3 heterocycles. The highest BCUT2D eigenvalue weighted by atomic mass is 35.5. The molecular formula is C24H26ClN5O4S. The molecule has 3 aromatic rings. The van der Waals surface area contributed by atoms with Crippen LogP contribution in [0.15, 0.2) is 47.5 Å². The number of aromatic nitrogens is 2. The molecule has 0 saturated carbocycles. The topological polar surface area (TPSA) is 119 Å². The summed E-state index contributed by atoms with van der Waals surface area (Å²) in [5.41, 5.74) is 6.95. The minimum Gasteiger partial charge on any atom is -0.341 e. The number of hydrogen-bond acceptors (Lipinski definition) is 6. The van der Waals surface area contributed by atoms with E-state index in [4.69, 9.17) is 17.3 Å². The molecule has 2 amide bonds. The molecule has 35 heavy (non-hydrogen) atoms. The lowest BCUT2D eigenvalue weighted by atomic mass is 10.0. The van der Waals surface area contributed by atoms with Gasteiger partial charge in [-0.2, -0.15) is 0 Å². The van der Waals surface area contributed by atoms with Gasteiger partial charge in [-0.15, -0.1) is 0 Å². The number of carbonyl (C=O) groups excluding carboxylic acids is 2. The SMILES string of the molecule is Cc1ncc2n1C(=O)N(C1CCN(C(=O)[C@H](N)CS(=O)(=O)c3ccc4cc(Cl)ccc4c3)CC1)C2. The molecule has 1 atom stereocenters. The Labute approximate surface area is 208 Å². The first kappa shape index (κ1) is 23.8. The van der Waals surface area contributed by atoms with Crippen LogP contribution in [-0.2, 0) is 21.2 Å². The number of amides is 2. The van der Waals surface area contributed by atoms with Crippen LogP contribution < -0.4 is 5.73 Å². The largest absolute Gasteiger partial charge is 0.341 e. The molecule has 0 aliphatic carbocycles. The van der Waals surface area contributed by atoms with E-state index in [0.29, 0.717) is 43.3 Å². The number of benzene rings is 2. The van der Waals surface area contributed by atoms with Gasteiger partial charge in [-0.1, -0.05) is 23.7 Å². The van der Waals surface area contributed by atoms with Crippen molar-refractivity contribution in [1.29, 1.82) is 0 Å². The number of carbonyl (C=O) groups is 2. The van der Waals surface area contributed by atoms with Gasteiger partial charge in [0.25, 0.3) is 0 Å². The molecular weight excluding hydrogens is 490 g/mol. The minimum absolute atomic E-state index is 0.0110. The Bertz CT molecular complexity index is 1430. The van der Waals surface area contributed by atoms with Crippen molar-refractivity contribution in [1.82, 2.24) is 19.4 Å². The Morgan fingerprint density at radius 2 is 1.86 bits per heavy atom. The molecule has 11 heteroatoms. The predicted molar refractivity (Wildman–Crippen MR) is 132 cm³/mol. The zero-order valence-corrected chi connectivity index (χ0v) is 20.8. The Morgan fingerprint density at radius 1 is 1.17 bits per heavy atom. The van der Waals surface area contributed by atoms with E-state index < -0.39 is 27.5 Å². The third kappa shape index (κ3) is 4.41. The first-order valence-electron chi connectivity index (χ1n) is 11.4. The standard InChI is InChI=1S/C24H26ClN5O4S/c1-15-27-12-20-13-29(24(32)30(15)20)19-6-8-28(9-7-19)23(31)22(26)14-35(33,34)21-5-3-16-10-18(25)4-2-17(16)11-21/h2-5,10-12,19,22H,6-9,13-14,26H2,1H3/t22-/m1/s1. The Balaban J connectivity index is 1.20. The number of rotatable bonds is 5. The van der Waals surface area contributed by atoms with Crippen LogP contribution >= 0.6 is 11.6 Å². The maximum absolute atomic E-state index is 13.0. The molecule has 0 bridgehead atoms. The fourth-order valence-corrected chi connectivity index (χ4v) is 6.51. The lowest BCUT2D eigenvalue weighted by molar-refractivity contribution is -0.133. The highest BCUT2D eigenvalue weighted by Gasteiger charge is 2.37. The molecule has 1 saturated heterocycles. The van der Waals surface area contributed by atoms with Gasteiger partial charge in [0.1, 0.15) is 5.82 Å². The summed E-state index contributed by atoms with van der Waals surface area (Å²) in [7, 11) is -3.77. The molecule has 2 aliphatic heterocycles. The van der Waals surface area contributed by atoms with Crippen molar-refractivity contribution in [2.24, 2.45) is 5.73 Å². The van der Waals surface area contributed by atoms with Crippen molar-refractivity contribution in [2.45, 2.75) is 43.3 Å². The van der Waals surface area contributed by atoms with Gasteiger partial charge in [-0.25, -0.2) is 18.2 Å². The van der Waals surface area contributed by atoms with Gasteiger partial charge in [-0.3, -0.25) is 9.36 Å². The average Bonchev–Trinajstić information content (AvgIpc) is 3.37. The Hall–Kier alpha value is -2.95. The minimum atomic E-state index is -3.77. The molecule has 0 unspecified atom stereocenters. The predicted octanol–water partition coefficient (Wildman–Crippen LogP) is 2.57. The average molecular weight is 516 g/mol. The van der Waals surface area contributed by atoms with Crippen LogP contribution in [0.2, 0.25) is 5.02 Å². The summed E-state index contributed by atoms with van der Waals surface area (Å²) < 4.78 is 27.6. The molecule has 184 valence electrons. The molecule has 2 aromatic carbocycles. The third-order valence-electron chi connectivity index (χ3n) is 6.85. The number of fused-ring (bicyclic) bond motifs is 2. The first-order chi connectivity index (χ1) is 16.6. The Kier molecular flexibility index (Phi) is 6.06. The molecule has 5 rings (SSSR count). The van der Waals surface area contributed by atoms with Crippen LogP contribution in [0.5, 0.6) is 0 Å². The molecule has 2 N–H and O–H groups in total. The van der Waals surface area contributed by atoms with Crippen molar-refractivity contribution < 1.29 is 18.0 Å². The number of hydrogen-bond donors (Lipinski definition) is 1. The van der Waals surface area contributed by atoms with E-state index in [1.165, 1.54) is 6.07 Å². The summed E-state index contributed by atoms with van der Waals surface area (Å²) in [4.78, 5) is 33.5. The van der Waals surface area contributed by atoms with Gasteiger partial charge in [0, 0.05) is 24.2 Å². The van der Waals surface area contributed by atoms with Gasteiger partial charge in [0.05, 0.1) is 35.1 Å². The number of halogens is 1. The zero-order chi connectivity index (χ0) is 24.9. The van der Waals surface area contributed by atoms with Crippen molar-refractivity contribution in [3.05, 3.63) is 59.1 Å². The number of nitrogens with zero attached hydrogens (tertiary/aromatic N) is 4. The van der Waals surface area contributed by atoms with Crippen molar-refractivity contribution in [3.63, 3.8) is 0 Å². The van der Waals surface area contributed by atoms with E-state index in [0.717, 1.165) is 16.5 Å². The van der Waals surface area contributed by atoms with E-state index in [-0.39, 0.29) is 17.0 Å². The summed E-state index contributed by atoms with van der Waals surface area (Å²) in [6, 6.07) is 8.76. The second-order valence-corrected chi connectivity index (χ2v) is 11.6. The molecule has 1 fully saturated rings. The second-order valence-electron chi connectivity index (χ2n) is 9.14. The van der Waals surface area contributed by atoms with Gasteiger partial charge in [0.15, 0.2) is 9.84 Å². The molecule has 0 radical (unpaired) electrons. The van der Waals surface area contributed by atoms with Crippen molar-refractivity contribution in [2.75, 3.05) is 18.8 Å². The Morgan fingerprint density at radius 3 is 2.57 bits per heavy atom. The van der Waals surface area contributed by atoms with Crippen LogP contribution in [-0.4, -0.2) is 70.6 Å². The maximum atomic E-state index is 13.0. The van der Waals surface area contributed by atoms with Crippen molar-refractivity contribution in [3.8, 4) is 0 Å². The number of nitrogens with two attached hydrogens (primary N) is 1. The van der Waals surface area contributed by atoms with Crippen LogP contribution in [0.4, 0.5) is 4.79 Å². The smallest absolute Gasteiger partial charge is 0.330 e. The van der Waals surface area contributed by atoms with Crippen LogP contribution in [0, 0.1) is 6.92 Å². The van der Waals surface area contributed by atoms with E-state index >= 15 is 0 Å². The number of aryl methyl sites for hydroxylation is 1. The van der Waals surface area contributed by atoms with E-state index in [9.17, 15) is 18.0 Å². The number of piperidine rings is 1. The molecule has 0 spiro atoms. The van der Waals surface area contributed by atoms with Crippen LogP contribution in [0.25, 0.3) is 10.8 Å². The zero-order valence-electron chi connectivity index (χ0n) is 19.2. The fourth-order valence-electron chi connectivity index (χ4n) is 4.94. The lowest BCUT2D eigenvalue weighted by Gasteiger charge is -2.37. The summed E-state index contributed by atoms with van der Waals surface area (Å²) in [6.07, 6.45) is 2.94. The van der Waals surface area contributed by atoms with Gasteiger partial charge >= 0.3 is 6.03 Å². The molecule has 2 aliphatic rings. The fraction of sp³-hybridized carbons (Fsp3) is 0.375. The number of imidazole rings is 1. The second kappa shape index (κ2) is 8.92. The monoisotopic (exact) mass is 515 g/mol. The third-order valence-corrected chi connectivity index (χ3v) is 8.85. The first-order valence-corrected chi connectivity index (χ1v) is 13.5. The molecule has 1 aromatic heterocycles. The van der Waals surface area contributed by atoms with Crippen molar-refractivity contribution >= 4 is 44.1 Å². The summed E-state index contributed by atoms with van der Waals surface area (Å²) in [5.74, 6) is -0.196. The highest BCUT2D eigenvalue weighted by molar-refractivity contribution is 7.91. The van der Waals surface area contributed by atoms with Gasteiger partial charge < -0.3 is 15.5 Å². The maximum Gasteiger partial charge on any atom is 0.330 e. The van der Waals surface area contributed by atoms with Gasteiger partial charge in [-0.05, 0) is 54.8 Å². The van der Waals surface area contributed by atoms with E-state index in [2.05, 4.69) is 4.98 Å².